The highest BCUT2D eigenvalue weighted by molar-refractivity contribution is 7.16. The molecule has 3 aliphatic heterocycles. The van der Waals surface area contributed by atoms with Crippen molar-refractivity contribution in [2.45, 2.75) is 65.5 Å². The summed E-state index contributed by atoms with van der Waals surface area (Å²) in [6.07, 6.45) is 0. The Kier molecular flexibility index (Phi) is 8.88. The van der Waals surface area contributed by atoms with Crippen LogP contribution in [0.1, 0.15) is 52.7 Å². The molecule has 63 heavy (non-hydrogen) atoms. The molecule has 11 rings (SSSR count). The summed E-state index contributed by atoms with van der Waals surface area (Å²) < 4.78 is 0. The van der Waals surface area contributed by atoms with Gasteiger partial charge in [-0.3, -0.25) is 0 Å². The van der Waals surface area contributed by atoms with Gasteiger partial charge in [0, 0.05) is 45.4 Å². The van der Waals surface area contributed by atoms with Crippen molar-refractivity contribution < 1.29 is 0 Å². The van der Waals surface area contributed by atoms with Crippen molar-refractivity contribution in [2.24, 2.45) is 0 Å². The van der Waals surface area contributed by atoms with Gasteiger partial charge in [0.05, 0.1) is 11.4 Å². The van der Waals surface area contributed by atoms with Crippen molar-refractivity contribution in [3.05, 3.63) is 193 Å². The first-order chi connectivity index (χ1) is 30.3. The van der Waals surface area contributed by atoms with Gasteiger partial charge in [-0.15, -0.1) is 0 Å². The molecule has 0 aromatic heterocycles. The lowest BCUT2D eigenvalue weighted by atomic mass is 9.33. The molecule has 308 valence electrons. The van der Waals surface area contributed by atoms with Crippen LogP contribution < -0.4 is 41.5 Å². The first-order valence-corrected chi connectivity index (χ1v) is 25.6. The second-order valence-electron chi connectivity index (χ2n) is 20.3. The lowest BCUT2D eigenvalue weighted by Crippen LogP contribution is -2.79. The van der Waals surface area contributed by atoms with Crippen molar-refractivity contribution in [1.29, 1.82) is 0 Å². The molecule has 0 aliphatic carbocycles. The topological polar surface area (TPSA) is 9.72 Å². The fraction of sp³-hybridized carbons (Fsp3) is 0.172. The number of hydrogen-bond acceptors (Lipinski definition) is 3. The number of rotatable bonds is 6. The van der Waals surface area contributed by atoms with E-state index in [9.17, 15) is 0 Å². The number of para-hydroxylation sites is 3. The largest absolute Gasteiger partial charge is 0.311 e. The smallest absolute Gasteiger partial charge is 0.251 e. The minimum absolute atomic E-state index is 0.0408. The third-order valence-electron chi connectivity index (χ3n) is 13.9. The number of nitrogens with zero attached hydrogens (tertiary/aromatic N) is 3. The standard InChI is InChI=1S/C58H54BN3Si/c1-57(2,3)40-31-29-39(30-32-40)46-23-15-16-24-47(46)62-49-26-18-28-53-56(49)59-54-50(37-45(38-51(54)62)60(42-19-11-9-12-20-42)43-21-13-10-14-22-43)61(44-35-33-41(34-36-44)58(4,5)6)48-25-17-27-52(55(48)59)63(53,7)8/h9-38H,1-8H3. The summed E-state index contributed by atoms with van der Waals surface area (Å²) in [5, 5.41) is 3.07. The Hall–Kier alpha value is -6.56. The maximum atomic E-state index is 2.63. The highest BCUT2D eigenvalue weighted by Crippen LogP contribution is 2.50. The summed E-state index contributed by atoms with van der Waals surface area (Å²) in [5.74, 6) is 0. The molecule has 0 atom stereocenters. The number of hydrogen-bond donors (Lipinski definition) is 0. The molecule has 3 heterocycles. The summed E-state index contributed by atoms with van der Waals surface area (Å²) in [6, 6.07) is 68.8. The predicted octanol–water partition coefficient (Wildman–Crippen LogP) is 12.6. The summed E-state index contributed by atoms with van der Waals surface area (Å²) in [7, 11) is -2.19. The second-order valence-corrected chi connectivity index (χ2v) is 24.6. The fourth-order valence-electron chi connectivity index (χ4n) is 10.7. The summed E-state index contributed by atoms with van der Waals surface area (Å²) in [5.41, 5.74) is 20.2. The van der Waals surface area contributed by atoms with Crippen LogP contribution in [0, 0.1) is 0 Å². The van der Waals surface area contributed by atoms with Crippen LogP contribution in [0.15, 0.2) is 182 Å². The van der Waals surface area contributed by atoms with Crippen LogP contribution >= 0.6 is 0 Å². The SMILES string of the molecule is CC(C)(C)c1ccc(-c2ccccc2N2c3cc(N(c4ccccc4)c4ccccc4)cc4c3B3c5c(cccc5[Si](C)(C)c5cccc2c53)N4c2ccc(C(C)(C)C)cc2)cc1. The van der Waals surface area contributed by atoms with E-state index in [0.717, 1.165) is 17.1 Å². The Morgan fingerprint density at radius 2 is 0.873 bits per heavy atom. The first-order valence-electron chi connectivity index (χ1n) is 22.6. The molecule has 0 saturated carbocycles. The Labute approximate surface area is 375 Å². The van der Waals surface area contributed by atoms with Gasteiger partial charge in [-0.05, 0) is 111 Å². The Morgan fingerprint density at radius 1 is 0.413 bits per heavy atom. The van der Waals surface area contributed by atoms with Crippen molar-refractivity contribution in [1.82, 2.24) is 0 Å². The molecule has 0 fully saturated rings. The Balaban J connectivity index is 1.26. The van der Waals surface area contributed by atoms with Gasteiger partial charge < -0.3 is 14.7 Å². The molecule has 0 spiro atoms. The maximum Gasteiger partial charge on any atom is 0.251 e. The van der Waals surface area contributed by atoms with Crippen LogP contribution in [-0.2, 0) is 10.8 Å². The Morgan fingerprint density at radius 3 is 1.41 bits per heavy atom. The van der Waals surface area contributed by atoms with Gasteiger partial charge in [0.1, 0.15) is 8.07 Å². The van der Waals surface area contributed by atoms with Crippen LogP contribution in [0.25, 0.3) is 11.1 Å². The van der Waals surface area contributed by atoms with Gasteiger partial charge in [-0.2, -0.15) is 0 Å². The monoisotopic (exact) mass is 831 g/mol. The maximum absolute atomic E-state index is 2.63. The van der Waals surface area contributed by atoms with Crippen LogP contribution in [0.4, 0.5) is 51.2 Å². The zero-order valence-electron chi connectivity index (χ0n) is 37.7. The van der Waals surface area contributed by atoms with Gasteiger partial charge in [-0.25, -0.2) is 0 Å². The lowest BCUT2D eigenvalue weighted by Gasteiger charge is -2.50. The lowest BCUT2D eigenvalue weighted by molar-refractivity contribution is 0.590. The molecule has 8 aromatic carbocycles. The summed E-state index contributed by atoms with van der Waals surface area (Å²) in [6.45, 7) is 19.0. The minimum atomic E-state index is -2.19. The van der Waals surface area contributed by atoms with Crippen LogP contribution in [0.3, 0.4) is 0 Å². The average molecular weight is 832 g/mol. The molecule has 3 aliphatic rings. The van der Waals surface area contributed by atoms with E-state index in [4.69, 9.17) is 0 Å². The fourth-order valence-corrected chi connectivity index (χ4v) is 14.0. The molecule has 0 radical (unpaired) electrons. The molecule has 0 N–H and O–H groups in total. The molecule has 0 bridgehead atoms. The molecular formula is C58H54BN3Si. The molecule has 5 heteroatoms. The van der Waals surface area contributed by atoms with Crippen molar-refractivity contribution in [3.8, 4) is 11.1 Å². The Bertz CT molecular complexity index is 3010. The van der Waals surface area contributed by atoms with Gasteiger partial charge in [0.25, 0.3) is 6.71 Å². The van der Waals surface area contributed by atoms with Crippen molar-refractivity contribution in [2.75, 3.05) is 14.7 Å². The van der Waals surface area contributed by atoms with Gasteiger partial charge >= 0.3 is 0 Å². The van der Waals surface area contributed by atoms with E-state index in [-0.39, 0.29) is 17.5 Å². The van der Waals surface area contributed by atoms with Crippen LogP contribution in [-0.4, -0.2) is 14.8 Å². The highest BCUT2D eigenvalue weighted by Gasteiger charge is 2.52. The molecule has 0 unspecified atom stereocenters. The van der Waals surface area contributed by atoms with Crippen LogP contribution in [0.5, 0.6) is 0 Å². The third kappa shape index (κ3) is 6.15. The van der Waals surface area contributed by atoms with E-state index < -0.39 is 8.07 Å². The molecule has 0 saturated heterocycles. The molecule has 8 aromatic rings. The highest BCUT2D eigenvalue weighted by atomic mass is 28.3. The number of benzene rings is 8. The average Bonchev–Trinajstić information content (AvgIpc) is 3.28. The quantitative estimate of drug-likeness (QED) is 0.155. The van der Waals surface area contributed by atoms with Crippen molar-refractivity contribution >= 4 is 92.7 Å². The van der Waals surface area contributed by atoms with E-state index in [1.807, 2.05) is 0 Å². The van der Waals surface area contributed by atoms with E-state index in [1.165, 1.54) is 83.1 Å². The van der Waals surface area contributed by atoms with E-state index in [2.05, 4.69) is 251 Å². The number of anilines is 9. The minimum Gasteiger partial charge on any atom is -0.311 e. The van der Waals surface area contributed by atoms with Gasteiger partial charge in [0.15, 0.2) is 0 Å². The third-order valence-corrected chi connectivity index (χ3v) is 17.5. The first kappa shape index (κ1) is 39.3. The van der Waals surface area contributed by atoms with Crippen LogP contribution in [0.2, 0.25) is 13.1 Å². The molecule has 0 amide bonds. The normalized spacial score (nSPS) is 14.4. The summed E-state index contributed by atoms with van der Waals surface area (Å²) in [4.78, 5) is 7.65. The molecular weight excluding hydrogens is 778 g/mol. The predicted molar refractivity (Wildman–Crippen MR) is 275 cm³/mol. The van der Waals surface area contributed by atoms with Gasteiger partial charge in [-0.1, -0.05) is 180 Å². The summed E-state index contributed by atoms with van der Waals surface area (Å²) >= 11 is 0. The van der Waals surface area contributed by atoms with Gasteiger partial charge in [0.2, 0.25) is 0 Å². The molecule has 3 nitrogen and oxygen atoms in total. The zero-order valence-corrected chi connectivity index (χ0v) is 38.7. The van der Waals surface area contributed by atoms with E-state index in [1.54, 1.807) is 0 Å². The van der Waals surface area contributed by atoms with E-state index >= 15 is 0 Å². The van der Waals surface area contributed by atoms with E-state index in [0.29, 0.717) is 0 Å². The van der Waals surface area contributed by atoms with Crippen molar-refractivity contribution in [3.63, 3.8) is 0 Å². The zero-order chi connectivity index (χ0) is 43.4. The second kappa shape index (κ2) is 14.2.